The van der Waals surface area contributed by atoms with Crippen LogP contribution in [0.15, 0.2) is 54.7 Å². The second-order valence-corrected chi connectivity index (χ2v) is 5.87. The van der Waals surface area contributed by atoms with Crippen LogP contribution >= 0.6 is 0 Å². The number of aromatic nitrogens is 2. The van der Waals surface area contributed by atoms with E-state index in [9.17, 15) is 4.79 Å². The Balaban J connectivity index is 1.55. The standard InChI is InChI=1S/C20H17N3O3/c1-13-16(12-21-19(22-13)14-5-3-2-4-6-14)20(24)23-15-7-8-17-18(11-15)26-10-9-25-17/h2-8,11-12H,9-10H2,1H3,(H,23,24). The fourth-order valence-corrected chi connectivity index (χ4v) is 2.74. The molecule has 0 radical (unpaired) electrons. The van der Waals surface area contributed by atoms with E-state index in [0.29, 0.717) is 47.5 Å². The Morgan fingerprint density at radius 2 is 1.81 bits per heavy atom. The van der Waals surface area contributed by atoms with Crippen molar-refractivity contribution in [3.63, 3.8) is 0 Å². The molecule has 1 aliphatic rings. The molecule has 6 heteroatoms. The first-order valence-corrected chi connectivity index (χ1v) is 8.31. The van der Waals surface area contributed by atoms with Crippen LogP contribution in [0.5, 0.6) is 11.5 Å². The molecule has 1 aliphatic heterocycles. The third kappa shape index (κ3) is 3.21. The normalized spacial score (nSPS) is 12.5. The minimum absolute atomic E-state index is 0.265. The lowest BCUT2D eigenvalue weighted by Gasteiger charge is -2.19. The molecule has 0 fully saturated rings. The molecular weight excluding hydrogens is 330 g/mol. The summed E-state index contributed by atoms with van der Waals surface area (Å²) in [6, 6.07) is 15.0. The van der Waals surface area contributed by atoms with Crippen molar-refractivity contribution in [1.29, 1.82) is 0 Å². The van der Waals surface area contributed by atoms with Crippen LogP contribution in [0.1, 0.15) is 16.1 Å². The summed E-state index contributed by atoms with van der Waals surface area (Å²) in [7, 11) is 0. The van der Waals surface area contributed by atoms with Crippen molar-refractivity contribution in [2.24, 2.45) is 0 Å². The van der Waals surface area contributed by atoms with Gasteiger partial charge < -0.3 is 14.8 Å². The van der Waals surface area contributed by atoms with Gasteiger partial charge in [0.1, 0.15) is 13.2 Å². The van der Waals surface area contributed by atoms with Gasteiger partial charge in [0.25, 0.3) is 5.91 Å². The highest BCUT2D eigenvalue weighted by Gasteiger charge is 2.16. The summed E-state index contributed by atoms with van der Waals surface area (Å²) in [6.45, 7) is 2.83. The SMILES string of the molecule is Cc1nc(-c2ccccc2)ncc1C(=O)Nc1ccc2c(c1)OCCO2. The molecule has 0 spiro atoms. The van der Waals surface area contributed by atoms with E-state index in [1.165, 1.54) is 0 Å². The van der Waals surface area contributed by atoms with Gasteiger partial charge in [0.05, 0.1) is 11.3 Å². The molecule has 130 valence electrons. The maximum Gasteiger partial charge on any atom is 0.259 e. The molecule has 1 N–H and O–H groups in total. The molecule has 3 aromatic rings. The molecule has 0 aliphatic carbocycles. The zero-order valence-electron chi connectivity index (χ0n) is 14.2. The van der Waals surface area contributed by atoms with Crippen LogP contribution in [0, 0.1) is 6.92 Å². The lowest BCUT2D eigenvalue weighted by atomic mass is 10.1. The van der Waals surface area contributed by atoms with E-state index in [-0.39, 0.29) is 5.91 Å². The van der Waals surface area contributed by atoms with E-state index < -0.39 is 0 Å². The lowest BCUT2D eigenvalue weighted by Crippen LogP contribution is -2.17. The summed E-state index contributed by atoms with van der Waals surface area (Å²) < 4.78 is 11.0. The number of fused-ring (bicyclic) bond motifs is 1. The number of aryl methyl sites for hydroxylation is 1. The van der Waals surface area contributed by atoms with Gasteiger partial charge in [0, 0.05) is 23.5 Å². The summed E-state index contributed by atoms with van der Waals surface area (Å²) in [5, 5.41) is 2.85. The molecule has 6 nitrogen and oxygen atoms in total. The van der Waals surface area contributed by atoms with Crippen molar-refractivity contribution in [2.45, 2.75) is 6.92 Å². The van der Waals surface area contributed by atoms with Gasteiger partial charge in [-0.15, -0.1) is 0 Å². The summed E-state index contributed by atoms with van der Waals surface area (Å²) >= 11 is 0. The summed E-state index contributed by atoms with van der Waals surface area (Å²) in [6.07, 6.45) is 1.55. The van der Waals surface area contributed by atoms with Crippen molar-refractivity contribution in [3.05, 3.63) is 66.0 Å². The summed E-state index contributed by atoms with van der Waals surface area (Å²) in [5.41, 5.74) is 2.59. The smallest absolute Gasteiger partial charge is 0.259 e. The van der Waals surface area contributed by atoms with Crippen LogP contribution < -0.4 is 14.8 Å². The molecule has 0 bridgehead atoms. The maximum absolute atomic E-state index is 12.6. The number of ether oxygens (including phenoxy) is 2. The average molecular weight is 347 g/mol. The van der Waals surface area contributed by atoms with E-state index in [2.05, 4.69) is 15.3 Å². The lowest BCUT2D eigenvalue weighted by molar-refractivity contribution is 0.102. The number of nitrogens with zero attached hydrogens (tertiary/aromatic N) is 2. The number of carbonyl (C=O) groups is 1. The highest BCUT2D eigenvalue weighted by Crippen LogP contribution is 2.32. The first kappa shape index (κ1) is 16.1. The molecule has 4 rings (SSSR count). The zero-order chi connectivity index (χ0) is 17.9. The first-order valence-electron chi connectivity index (χ1n) is 8.31. The van der Waals surface area contributed by atoms with E-state index in [4.69, 9.17) is 9.47 Å². The van der Waals surface area contributed by atoms with Gasteiger partial charge in [-0.3, -0.25) is 4.79 Å². The van der Waals surface area contributed by atoms with Gasteiger partial charge >= 0.3 is 0 Å². The minimum Gasteiger partial charge on any atom is -0.486 e. The van der Waals surface area contributed by atoms with E-state index in [1.54, 1.807) is 31.3 Å². The van der Waals surface area contributed by atoms with Crippen LogP contribution in [0.2, 0.25) is 0 Å². The first-order chi connectivity index (χ1) is 12.7. The van der Waals surface area contributed by atoms with Crippen LogP contribution in [-0.2, 0) is 0 Å². The number of anilines is 1. The average Bonchev–Trinajstić information content (AvgIpc) is 2.68. The van der Waals surface area contributed by atoms with Crippen LogP contribution in [0.25, 0.3) is 11.4 Å². The van der Waals surface area contributed by atoms with Gasteiger partial charge in [-0.05, 0) is 19.1 Å². The fraction of sp³-hybridized carbons (Fsp3) is 0.150. The molecule has 0 atom stereocenters. The highest BCUT2D eigenvalue weighted by atomic mass is 16.6. The van der Waals surface area contributed by atoms with E-state index in [1.807, 2.05) is 30.3 Å². The van der Waals surface area contributed by atoms with Crippen LogP contribution in [0.4, 0.5) is 5.69 Å². The van der Waals surface area contributed by atoms with Crippen molar-refractivity contribution in [3.8, 4) is 22.9 Å². The number of rotatable bonds is 3. The molecule has 2 heterocycles. The van der Waals surface area contributed by atoms with Gasteiger partial charge in [0.15, 0.2) is 17.3 Å². The summed E-state index contributed by atoms with van der Waals surface area (Å²) in [5.74, 6) is 1.64. The van der Waals surface area contributed by atoms with Crippen LogP contribution in [-0.4, -0.2) is 29.1 Å². The van der Waals surface area contributed by atoms with Crippen molar-refractivity contribution in [2.75, 3.05) is 18.5 Å². The Morgan fingerprint density at radius 3 is 2.58 bits per heavy atom. The number of hydrogen-bond donors (Lipinski definition) is 1. The van der Waals surface area contributed by atoms with Crippen LogP contribution in [0.3, 0.4) is 0 Å². The predicted molar refractivity (Wildman–Crippen MR) is 97.6 cm³/mol. The second-order valence-electron chi connectivity index (χ2n) is 5.87. The Bertz CT molecular complexity index is 958. The third-order valence-electron chi connectivity index (χ3n) is 4.06. The molecule has 0 saturated heterocycles. The number of carbonyl (C=O) groups excluding carboxylic acids is 1. The quantitative estimate of drug-likeness (QED) is 0.785. The molecule has 2 aromatic carbocycles. The molecule has 1 aromatic heterocycles. The number of amides is 1. The maximum atomic E-state index is 12.6. The molecular formula is C20H17N3O3. The second kappa shape index (κ2) is 6.84. The monoisotopic (exact) mass is 347 g/mol. The Morgan fingerprint density at radius 1 is 1.04 bits per heavy atom. The van der Waals surface area contributed by atoms with Crippen molar-refractivity contribution >= 4 is 11.6 Å². The number of nitrogens with one attached hydrogen (secondary N) is 1. The van der Waals surface area contributed by atoms with Gasteiger partial charge in [-0.1, -0.05) is 30.3 Å². The third-order valence-corrected chi connectivity index (χ3v) is 4.06. The summed E-state index contributed by atoms with van der Waals surface area (Å²) in [4.78, 5) is 21.4. The zero-order valence-corrected chi connectivity index (χ0v) is 14.2. The molecule has 26 heavy (non-hydrogen) atoms. The van der Waals surface area contributed by atoms with Crippen molar-refractivity contribution < 1.29 is 14.3 Å². The number of hydrogen-bond acceptors (Lipinski definition) is 5. The Hall–Kier alpha value is -3.41. The topological polar surface area (TPSA) is 73.3 Å². The van der Waals surface area contributed by atoms with Gasteiger partial charge in [-0.2, -0.15) is 0 Å². The minimum atomic E-state index is -0.265. The van der Waals surface area contributed by atoms with E-state index >= 15 is 0 Å². The molecule has 0 unspecified atom stereocenters. The number of benzene rings is 2. The highest BCUT2D eigenvalue weighted by molar-refractivity contribution is 6.05. The fourth-order valence-electron chi connectivity index (χ4n) is 2.74. The van der Waals surface area contributed by atoms with Gasteiger partial charge in [-0.25, -0.2) is 9.97 Å². The largest absolute Gasteiger partial charge is 0.486 e. The Kier molecular flexibility index (Phi) is 4.23. The molecule has 0 saturated carbocycles. The molecule has 1 amide bonds. The predicted octanol–water partition coefficient (Wildman–Crippen LogP) is 3.48. The van der Waals surface area contributed by atoms with Crippen molar-refractivity contribution in [1.82, 2.24) is 9.97 Å². The Labute approximate surface area is 150 Å². The van der Waals surface area contributed by atoms with E-state index in [0.717, 1.165) is 5.56 Å². The van der Waals surface area contributed by atoms with Gasteiger partial charge in [0.2, 0.25) is 0 Å².